The molecule has 2 rings (SSSR count). The Balaban J connectivity index is 2.05. The molecule has 0 fully saturated rings. The third-order valence-corrected chi connectivity index (χ3v) is 2.71. The quantitative estimate of drug-likeness (QED) is 0.829. The molecule has 19 heavy (non-hydrogen) atoms. The van der Waals surface area contributed by atoms with Gasteiger partial charge in [-0.15, -0.1) is 0 Å². The van der Waals surface area contributed by atoms with Gasteiger partial charge in [-0.1, -0.05) is 0 Å². The zero-order valence-electron chi connectivity index (χ0n) is 10.7. The first kappa shape index (κ1) is 13.1. The number of hydrogen-bond donors (Lipinski definition) is 2. The number of aryl methyl sites for hydroxylation is 2. The average Bonchev–Trinajstić information content (AvgIpc) is 2.66. The van der Waals surface area contributed by atoms with Gasteiger partial charge in [0.05, 0.1) is 17.8 Å². The molecule has 0 aliphatic rings. The van der Waals surface area contributed by atoms with Gasteiger partial charge in [0.1, 0.15) is 11.6 Å². The highest BCUT2D eigenvalue weighted by molar-refractivity contribution is 5.94. The molecule has 0 saturated carbocycles. The van der Waals surface area contributed by atoms with Crippen molar-refractivity contribution in [1.29, 1.82) is 0 Å². The van der Waals surface area contributed by atoms with Crippen LogP contribution >= 0.6 is 0 Å². The predicted molar refractivity (Wildman–Crippen MR) is 68.0 cm³/mol. The van der Waals surface area contributed by atoms with Crippen LogP contribution in [0.15, 0.2) is 22.6 Å². The Morgan fingerprint density at radius 2 is 2.21 bits per heavy atom. The summed E-state index contributed by atoms with van der Waals surface area (Å²) >= 11 is 0. The van der Waals surface area contributed by atoms with E-state index in [1.54, 1.807) is 6.92 Å². The van der Waals surface area contributed by atoms with Gasteiger partial charge in [-0.3, -0.25) is 4.79 Å². The summed E-state index contributed by atoms with van der Waals surface area (Å²) in [6.45, 7) is 3.70. The fourth-order valence-corrected chi connectivity index (χ4v) is 1.58. The van der Waals surface area contributed by atoms with E-state index in [0.29, 0.717) is 11.7 Å². The lowest BCUT2D eigenvalue weighted by molar-refractivity contribution is 0.0943. The Labute approximate surface area is 109 Å². The molecule has 0 aliphatic carbocycles. The van der Waals surface area contributed by atoms with Crippen molar-refractivity contribution >= 4 is 11.6 Å². The number of halogens is 1. The number of nitrogens with zero attached hydrogens (tertiary/aromatic N) is 1. The van der Waals surface area contributed by atoms with Gasteiger partial charge >= 0.3 is 0 Å². The zero-order chi connectivity index (χ0) is 14.0. The number of nitrogens with one attached hydrogen (secondary N) is 1. The Bertz CT molecular complexity index is 603. The van der Waals surface area contributed by atoms with E-state index in [1.807, 2.05) is 6.92 Å². The Morgan fingerprint density at radius 1 is 1.47 bits per heavy atom. The number of anilines is 1. The molecule has 100 valence electrons. The maximum atomic E-state index is 13.5. The molecule has 1 aromatic carbocycles. The monoisotopic (exact) mass is 263 g/mol. The average molecular weight is 263 g/mol. The lowest BCUT2D eigenvalue weighted by atomic mass is 10.2. The van der Waals surface area contributed by atoms with Gasteiger partial charge in [-0.25, -0.2) is 9.37 Å². The fourth-order valence-electron chi connectivity index (χ4n) is 1.58. The van der Waals surface area contributed by atoms with Crippen LogP contribution in [0.3, 0.4) is 0 Å². The molecule has 0 aliphatic heterocycles. The van der Waals surface area contributed by atoms with Crippen LogP contribution in [0.2, 0.25) is 0 Å². The number of carbonyl (C=O) groups is 1. The minimum absolute atomic E-state index is 0.0609. The van der Waals surface area contributed by atoms with Crippen LogP contribution in [0.5, 0.6) is 0 Å². The summed E-state index contributed by atoms with van der Waals surface area (Å²) in [6, 6.07) is 3.91. The first-order valence-corrected chi connectivity index (χ1v) is 5.73. The standard InChI is InChI=1S/C13H14FN3O2/c1-7-8(2)19-12(17-7)6-16-13(18)10-4-3-9(15)5-11(10)14/h3-5H,6,15H2,1-2H3,(H,16,18). The molecule has 0 atom stereocenters. The summed E-state index contributed by atoms with van der Waals surface area (Å²) < 4.78 is 18.8. The second kappa shape index (κ2) is 5.09. The number of rotatable bonds is 3. The molecule has 0 unspecified atom stereocenters. The summed E-state index contributed by atoms with van der Waals surface area (Å²) in [7, 11) is 0. The van der Waals surface area contributed by atoms with Crippen LogP contribution in [0, 0.1) is 19.7 Å². The Kier molecular flexibility index (Phi) is 3.50. The van der Waals surface area contributed by atoms with Crippen LogP contribution in [0.4, 0.5) is 10.1 Å². The largest absolute Gasteiger partial charge is 0.444 e. The molecule has 0 spiro atoms. The van der Waals surface area contributed by atoms with Gasteiger partial charge in [-0.2, -0.15) is 0 Å². The molecule has 1 heterocycles. The summed E-state index contributed by atoms with van der Waals surface area (Å²) in [6.07, 6.45) is 0. The SMILES string of the molecule is Cc1nc(CNC(=O)c2ccc(N)cc2F)oc1C. The minimum atomic E-state index is -0.655. The van der Waals surface area contributed by atoms with Crippen LogP contribution in [0.25, 0.3) is 0 Å². The van der Waals surface area contributed by atoms with Gasteiger partial charge in [0.2, 0.25) is 5.89 Å². The van der Waals surface area contributed by atoms with Crippen molar-refractivity contribution in [3.05, 3.63) is 46.9 Å². The summed E-state index contributed by atoms with van der Waals surface area (Å²) in [5.41, 5.74) is 6.39. The zero-order valence-corrected chi connectivity index (χ0v) is 10.7. The lowest BCUT2D eigenvalue weighted by Gasteiger charge is -2.04. The predicted octanol–water partition coefficient (Wildman–Crippen LogP) is 1.94. The van der Waals surface area contributed by atoms with Crippen LogP contribution in [-0.4, -0.2) is 10.9 Å². The Hall–Kier alpha value is -2.37. The van der Waals surface area contributed by atoms with Crippen LogP contribution in [0.1, 0.15) is 27.7 Å². The lowest BCUT2D eigenvalue weighted by Crippen LogP contribution is -2.24. The van der Waals surface area contributed by atoms with E-state index >= 15 is 0 Å². The van der Waals surface area contributed by atoms with E-state index in [0.717, 1.165) is 11.8 Å². The first-order chi connectivity index (χ1) is 8.97. The molecule has 2 aromatic rings. The number of nitrogens with two attached hydrogens (primary N) is 1. The molecule has 6 heteroatoms. The van der Waals surface area contributed by atoms with Crippen LogP contribution < -0.4 is 11.1 Å². The molecule has 0 bridgehead atoms. The number of amides is 1. The van der Waals surface area contributed by atoms with E-state index in [4.69, 9.17) is 10.2 Å². The number of nitrogen functional groups attached to an aromatic ring is 1. The minimum Gasteiger partial charge on any atom is -0.444 e. The van der Waals surface area contributed by atoms with Crippen molar-refractivity contribution in [2.75, 3.05) is 5.73 Å². The maximum absolute atomic E-state index is 13.5. The van der Waals surface area contributed by atoms with Crippen molar-refractivity contribution in [2.24, 2.45) is 0 Å². The van der Waals surface area contributed by atoms with Gasteiger partial charge in [0.15, 0.2) is 0 Å². The number of carbonyl (C=O) groups excluding carboxylic acids is 1. The normalized spacial score (nSPS) is 10.5. The topological polar surface area (TPSA) is 81.2 Å². The van der Waals surface area contributed by atoms with E-state index in [9.17, 15) is 9.18 Å². The number of hydrogen-bond acceptors (Lipinski definition) is 4. The molecular formula is C13H14FN3O2. The highest BCUT2D eigenvalue weighted by Crippen LogP contribution is 2.12. The molecule has 5 nitrogen and oxygen atoms in total. The molecule has 0 radical (unpaired) electrons. The molecule has 1 amide bonds. The highest BCUT2D eigenvalue weighted by atomic mass is 19.1. The Morgan fingerprint density at radius 3 is 2.79 bits per heavy atom. The van der Waals surface area contributed by atoms with Crippen molar-refractivity contribution in [2.45, 2.75) is 20.4 Å². The third-order valence-electron chi connectivity index (χ3n) is 2.71. The smallest absolute Gasteiger partial charge is 0.254 e. The van der Waals surface area contributed by atoms with Crippen molar-refractivity contribution in [3.8, 4) is 0 Å². The van der Waals surface area contributed by atoms with E-state index < -0.39 is 11.7 Å². The maximum Gasteiger partial charge on any atom is 0.254 e. The van der Waals surface area contributed by atoms with E-state index in [-0.39, 0.29) is 17.8 Å². The van der Waals surface area contributed by atoms with Gasteiger partial charge in [-0.05, 0) is 32.0 Å². The second-order valence-electron chi connectivity index (χ2n) is 4.17. The fraction of sp³-hybridized carbons (Fsp3) is 0.231. The molecular weight excluding hydrogens is 249 g/mol. The molecule has 0 saturated heterocycles. The third kappa shape index (κ3) is 2.90. The number of aromatic nitrogens is 1. The first-order valence-electron chi connectivity index (χ1n) is 5.73. The van der Waals surface area contributed by atoms with Crippen molar-refractivity contribution in [3.63, 3.8) is 0 Å². The highest BCUT2D eigenvalue weighted by Gasteiger charge is 2.13. The summed E-state index contributed by atoms with van der Waals surface area (Å²) in [4.78, 5) is 15.9. The van der Waals surface area contributed by atoms with E-state index in [2.05, 4.69) is 10.3 Å². The van der Waals surface area contributed by atoms with E-state index in [1.165, 1.54) is 12.1 Å². The number of oxazole rings is 1. The van der Waals surface area contributed by atoms with Crippen LogP contribution in [-0.2, 0) is 6.54 Å². The van der Waals surface area contributed by atoms with Crippen molar-refractivity contribution < 1.29 is 13.6 Å². The summed E-state index contributed by atoms with van der Waals surface area (Å²) in [5, 5.41) is 2.54. The van der Waals surface area contributed by atoms with Gasteiger partial charge in [0, 0.05) is 5.69 Å². The number of benzene rings is 1. The summed E-state index contributed by atoms with van der Waals surface area (Å²) in [5.74, 6) is -0.106. The molecule has 3 N–H and O–H groups in total. The second-order valence-corrected chi connectivity index (χ2v) is 4.17. The molecule has 1 aromatic heterocycles. The van der Waals surface area contributed by atoms with Gasteiger partial charge in [0.25, 0.3) is 5.91 Å². The van der Waals surface area contributed by atoms with Crippen molar-refractivity contribution in [1.82, 2.24) is 10.3 Å². The van der Waals surface area contributed by atoms with Gasteiger partial charge < -0.3 is 15.5 Å².